The number of amides is 2. The largest absolute Gasteiger partial charge is 0.455 e. The van der Waals surface area contributed by atoms with Crippen LogP contribution < -0.4 is 15.4 Å². The van der Waals surface area contributed by atoms with Crippen molar-refractivity contribution in [2.75, 3.05) is 49.9 Å². The maximum atomic E-state index is 13.0. The van der Waals surface area contributed by atoms with Crippen LogP contribution in [0.1, 0.15) is 6.42 Å². The van der Waals surface area contributed by atoms with Crippen molar-refractivity contribution in [3.8, 4) is 11.5 Å². The molecule has 0 unspecified atom stereocenters. The number of hydrogen-bond acceptors (Lipinski definition) is 5. The van der Waals surface area contributed by atoms with Crippen molar-refractivity contribution in [2.45, 2.75) is 6.42 Å². The van der Waals surface area contributed by atoms with E-state index in [0.717, 1.165) is 26.2 Å². The first-order valence-electron chi connectivity index (χ1n) is 11.7. The molecule has 7 nitrogen and oxygen atoms in total. The fraction of sp³-hybridized carbons (Fsp3) is 0.259. The summed E-state index contributed by atoms with van der Waals surface area (Å²) in [4.78, 5) is 29.1. The fourth-order valence-corrected chi connectivity index (χ4v) is 3.85. The molecule has 1 heterocycles. The minimum atomic E-state index is -0.336. The Labute approximate surface area is 204 Å². The Hall–Kier alpha value is -3.75. The van der Waals surface area contributed by atoms with Gasteiger partial charge in [0.25, 0.3) is 0 Å². The van der Waals surface area contributed by atoms with Gasteiger partial charge < -0.3 is 20.3 Å². The molecule has 182 valence electrons. The number of nitrogens with zero attached hydrogens (tertiary/aromatic N) is 2. The molecule has 1 aliphatic rings. The van der Waals surface area contributed by atoms with Gasteiger partial charge in [0.15, 0.2) is 5.75 Å². The van der Waals surface area contributed by atoms with E-state index in [1.807, 2.05) is 54.6 Å². The Morgan fingerprint density at radius 3 is 2.17 bits per heavy atom. The second-order valence-electron chi connectivity index (χ2n) is 8.38. The van der Waals surface area contributed by atoms with Gasteiger partial charge in [0.2, 0.25) is 11.8 Å². The highest BCUT2D eigenvalue weighted by atomic mass is 19.1. The standard InChI is InChI=1S/C27H29FN4O3/c28-21-10-12-22(13-11-21)29-27(34)20-32-18-16-31(17-19-32)15-14-26(33)30-24-8-4-5-9-25(24)35-23-6-2-1-3-7-23/h1-13H,14-20H2,(H,29,34)(H,30,33). The van der Waals surface area contributed by atoms with Crippen molar-refractivity contribution in [1.29, 1.82) is 0 Å². The quantitative estimate of drug-likeness (QED) is 0.484. The monoisotopic (exact) mass is 476 g/mol. The molecular weight excluding hydrogens is 447 g/mol. The van der Waals surface area contributed by atoms with E-state index in [2.05, 4.69) is 20.4 Å². The number of carbonyl (C=O) groups is 2. The van der Waals surface area contributed by atoms with Gasteiger partial charge in [-0.2, -0.15) is 0 Å². The molecule has 2 amide bonds. The Bertz CT molecular complexity index is 1120. The van der Waals surface area contributed by atoms with Crippen LogP contribution >= 0.6 is 0 Å². The zero-order valence-electron chi connectivity index (χ0n) is 19.5. The van der Waals surface area contributed by atoms with Crippen LogP contribution in [-0.4, -0.2) is 60.9 Å². The summed E-state index contributed by atoms with van der Waals surface area (Å²) >= 11 is 0. The molecule has 2 N–H and O–H groups in total. The summed E-state index contributed by atoms with van der Waals surface area (Å²) in [6.07, 6.45) is 0.366. The lowest BCUT2D eigenvalue weighted by atomic mass is 10.2. The Morgan fingerprint density at radius 1 is 0.771 bits per heavy atom. The number of piperazine rings is 1. The fourth-order valence-electron chi connectivity index (χ4n) is 3.85. The van der Waals surface area contributed by atoms with E-state index in [4.69, 9.17) is 4.74 Å². The number of ether oxygens (including phenoxy) is 1. The van der Waals surface area contributed by atoms with E-state index < -0.39 is 0 Å². The lowest BCUT2D eigenvalue weighted by Crippen LogP contribution is -2.49. The Morgan fingerprint density at radius 2 is 1.43 bits per heavy atom. The summed E-state index contributed by atoms with van der Waals surface area (Å²) in [6, 6.07) is 22.6. The van der Waals surface area contributed by atoms with Gasteiger partial charge in [-0.05, 0) is 48.5 Å². The van der Waals surface area contributed by atoms with E-state index >= 15 is 0 Å². The summed E-state index contributed by atoms with van der Waals surface area (Å²) in [5.74, 6) is 0.770. The molecule has 0 aliphatic carbocycles. The number of carbonyl (C=O) groups excluding carboxylic acids is 2. The zero-order chi connectivity index (χ0) is 24.5. The highest BCUT2D eigenvalue weighted by molar-refractivity contribution is 5.93. The molecule has 3 aromatic carbocycles. The third kappa shape index (κ3) is 7.63. The molecule has 0 aromatic heterocycles. The van der Waals surface area contributed by atoms with Gasteiger partial charge in [0, 0.05) is 44.8 Å². The number of hydrogen-bond donors (Lipinski definition) is 2. The van der Waals surface area contributed by atoms with Crippen LogP contribution in [-0.2, 0) is 9.59 Å². The van der Waals surface area contributed by atoms with Crippen molar-refractivity contribution in [3.63, 3.8) is 0 Å². The summed E-state index contributed by atoms with van der Waals surface area (Å²) < 4.78 is 18.9. The van der Waals surface area contributed by atoms with Gasteiger partial charge >= 0.3 is 0 Å². The number of halogens is 1. The molecule has 1 fully saturated rings. The van der Waals surface area contributed by atoms with Crippen LogP contribution in [0.5, 0.6) is 11.5 Å². The van der Waals surface area contributed by atoms with E-state index in [1.54, 1.807) is 12.1 Å². The van der Waals surface area contributed by atoms with Gasteiger partial charge in [-0.3, -0.25) is 14.5 Å². The lowest BCUT2D eigenvalue weighted by molar-refractivity contribution is -0.117. The average Bonchev–Trinajstić information content (AvgIpc) is 2.87. The summed E-state index contributed by atoms with van der Waals surface area (Å²) in [7, 11) is 0. The third-order valence-electron chi connectivity index (χ3n) is 5.75. The van der Waals surface area contributed by atoms with Crippen molar-refractivity contribution in [2.24, 2.45) is 0 Å². The maximum Gasteiger partial charge on any atom is 0.238 e. The van der Waals surface area contributed by atoms with Crippen molar-refractivity contribution in [1.82, 2.24) is 9.80 Å². The molecule has 8 heteroatoms. The van der Waals surface area contributed by atoms with Crippen LogP contribution in [0.25, 0.3) is 0 Å². The molecule has 3 aromatic rings. The average molecular weight is 477 g/mol. The third-order valence-corrected chi connectivity index (χ3v) is 5.75. The number of anilines is 2. The first-order chi connectivity index (χ1) is 17.0. The molecule has 0 radical (unpaired) electrons. The zero-order valence-corrected chi connectivity index (χ0v) is 19.5. The SMILES string of the molecule is O=C(CN1CCN(CCC(=O)Nc2ccccc2Oc2ccccc2)CC1)Nc1ccc(F)cc1. The Kier molecular flexibility index (Phi) is 8.43. The topological polar surface area (TPSA) is 73.9 Å². The second kappa shape index (κ2) is 12.1. The highest BCUT2D eigenvalue weighted by Crippen LogP contribution is 2.29. The van der Waals surface area contributed by atoms with Crippen LogP contribution in [0, 0.1) is 5.82 Å². The predicted molar refractivity (Wildman–Crippen MR) is 134 cm³/mol. The maximum absolute atomic E-state index is 13.0. The minimum absolute atomic E-state index is 0.0739. The van der Waals surface area contributed by atoms with Gasteiger partial charge in [-0.25, -0.2) is 4.39 Å². The number of rotatable bonds is 9. The van der Waals surface area contributed by atoms with E-state index in [-0.39, 0.29) is 24.2 Å². The molecule has 4 rings (SSSR count). The van der Waals surface area contributed by atoms with Crippen LogP contribution in [0.4, 0.5) is 15.8 Å². The van der Waals surface area contributed by atoms with E-state index in [0.29, 0.717) is 35.8 Å². The molecule has 0 saturated carbocycles. The molecule has 0 bridgehead atoms. The second-order valence-corrected chi connectivity index (χ2v) is 8.38. The molecule has 1 saturated heterocycles. The van der Waals surface area contributed by atoms with Crippen molar-refractivity contribution in [3.05, 3.63) is 84.7 Å². The number of benzene rings is 3. The Balaban J connectivity index is 1.18. The summed E-state index contributed by atoms with van der Waals surface area (Å²) in [6.45, 7) is 3.97. The minimum Gasteiger partial charge on any atom is -0.455 e. The van der Waals surface area contributed by atoms with Crippen LogP contribution in [0.2, 0.25) is 0 Å². The number of nitrogens with one attached hydrogen (secondary N) is 2. The first kappa shape index (κ1) is 24.4. The van der Waals surface area contributed by atoms with Crippen LogP contribution in [0.3, 0.4) is 0 Å². The molecule has 0 atom stereocenters. The van der Waals surface area contributed by atoms with E-state index in [1.165, 1.54) is 12.1 Å². The number of para-hydroxylation sites is 3. The van der Waals surface area contributed by atoms with Gasteiger partial charge in [0.05, 0.1) is 12.2 Å². The van der Waals surface area contributed by atoms with Gasteiger partial charge in [0.1, 0.15) is 11.6 Å². The van der Waals surface area contributed by atoms with Gasteiger partial charge in [-0.1, -0.05) is 30.3 Å². The molecule has 35 heavy (non-hydrogen) atoms. The van der Waals surface area contributed by atoms with Gasteiger partial charge in [-0.15, -0.1) is 0 Å². The van der Waals surface area contributed by atoms with Crippen molar-refractivity contribution >= 4 is 23.2 Å². The summed E-state index contributed by atoms with van der Waals surface area (Å²) in [5, 5.41) is 5.74. The van der Waals surface area contributed by atoms with Crippen molar-refractivity contribution < 1.29 is 18.7 Å². The lowest BCUT2D eigenvalue weighted by Gasteiger charge is -2.34. The van der Waals surface area contributed by atoms with Crippen LogP contribution in [0.15, 0.2) is 78.9 Å². The normalized spacial score (nSPS) is 14.3. The highest BCUT2D eigenvalue weighted by Gasteiger charge is 2.20. The first-order valence-corrected chi connectivity index (χ1v) is 11.7. The molecular formula is C27H29FN4O3. The smallest absolute Gasteiger partial charge is 0.238 e. The molecule has 0 spiro atoms. The summed E-state index contributed by atoms with van der Waals surface area (Å²) in [5.41, 5.74) is 1.22. The van der Waals surface area contributed by atoms with E-state index in [9.17, 15) is 14.0 Å². The molecule has 1 aliphatic heterocycles. The predicted octanol–water partition coefficient (Wildman–Crippen LogP) is 4.20.